The predicted molar refractivity (Wildman–Crippen MR) is 64.3 cm³/mol. The van der Waals surface area contributed by atoms with Crippen LogP contribution < -0.4 is 5.32 Å². The van der Waals surface area contributed by atoms with Crippen LogP contribution >= 0.6 is 0 Å². The highest BCUT2D eigenvalue weighted by molar-refractivity contribution is 5.78. The molecule has 0 saturated carbocycles. The van der Waals surface area contributed by atoms with Crippen LogP contribution in [-0.2, 0) is 11.3 Å². The fourth-order valence-electron chi connectivity index (χ4n) is 1.54. The van der Waals surface area contributed by atoms with Gasteiger partial charge in [0.1, 0.15) is 0 Å². The van der Waals surface area contributed by atoms with Gasteiger partial charge in [0.05, 0.1) is 6.54 Å². The molecule has 0 aromatic carbocycles. The summed E-state index contributed by atoms with van der Waals surface area (Å²) in [4.78, 5) is 11.6. The number of nitrogens with one attached hydrogen (secondary N) is 1. The van der Waals surface area contributed by atoms with Crippen LogP contribution in [0.4, 0.5) is 0 Å². The maximum atomic E-state index is 11.6. The molecule has 0 aliphatic heterocycles. The molecule has 1 N–H and O–H groups in total. The Kier molecular flexibility index (Phi) is 3.37. The maximum Gasteiger partial charge on any atom is 0.223 e. The summed E-state index contributed by atoms with van der Waals surface area (Å²) < 4.78 is 1.87. The summed E-state index contributed by atoms with van der Waals surface area (Å²) in [6.45, 7) is 4.32. The van der Waals surface area contributed by atoms with Gasteiger partial charge >= 0.3 is 0 Å². The van der Waals surface area contributed by atoms with E-state index >= 15 is 0 Å². The number of aromatic nitrogens is 3. The van der Waals surface area contributed by atoms with E-state index in [4.69, 9.17) is 0 Å². The lowest BCUT2D eigenvalue weighted by molar-refractivity contribution is -0.124. The standard InChI is InChI=1S/C12H16N4O/c1-3-9(2)12(17)13-8-11-15-14-10-6-4-5-7-16(10)11/h4-7,9H,3,8H2,1-2H3,(H,13,17)/t9-/m0/s1. The second-order valence-electron chi connectivity index (χ2n) is 4.07. The highest BCUT2D eigenvalue weighted by Gasteiger charge is 2.11. The number of fused-ring (bicyclic) bond motifs is 1. The second kappa shape index (κ2) is 4.95. The number of carbonyl (C=O) groups is 1. The van der Waals surface area contributed by atoms with Crippen LogP contribution in [0.2, 0.25) is 0 Å². The molecule has 0 aliphatic rings. The summed E-state index contributed by atoms with van der Waals surface area (Å²) in [6.07, 6.45) is 2.73. The minimum absolute atomic E-state index is 0.0363. The Morgan fingerprint density at radius 3 is 3.06 bits per heavy atom. The highest BCUT2D eigenvalue weighted by Crippen LogP contribution is 2.04. The average Bonchev–Trinajstić information content (AvgIpc) is 2.78. The molecule has 0 aliphatic carbocycles. The Bertz CT molecular complexity index is 520. The first-order chi connectivity index (χ1) is 8.22. The van der Waals surface area contributed by atoms with E-state index in [1.807, 2.05) is 42.6 Å². The first-order valence-corrected chi connectivity index (χ1v) is 5.78. The van der Waals surface area contributed by atoms with Crippen molar-refractivity contribution in [1.82, 2.24) is 19.9 Å². The van der Waals surface area contributed by atoms with Gasteiger partial charge in [-0.2, -0.15) is 0 Å². The quantitative estimate of drug-likeness (QED) is 0.866. The number of rotatable bonds is 4. The van der Waals surface area contributed by atoms with Crippen molar-refractivity contribution in [1.29, 1.82) is 0 Å². The number of amides is 1. The molecule has 90 valence electrons. The number of carbonyl (C=O) groups excluding carboxylic acids is 1. The van der Waals surface area contributed by atoms with Crippen molar-refractivity contribution in [2.24, 2.45) is 5.92 Å². The van der Waals surface area contributed by atoms with E-state index in [0.29, 0.717) is 6.54 Å². The SMILES string of the molecule is CC[C@H](C)C(=O)NCc1nnc2ccccn12. The Balaban J connectivity index is 2.07. The van der Waals surface area contributed by atoms with Gasteiger partial charge in [-0.15, -0.1) is 10.2 Å². The normalized spacial score (nSPS) is 12.6. The van der Waals surface area contributed by atoms with Gasteiger partial charge in [0, 0.05) is 12.1 Å². The Morgan fingerprint density at radius 1 is 1.47 bits per heavy atom. The molecule has 2 aromatic heterocycles. The van der Waals surface area contributed by atoms with Gasteiger partial charge in [0.15, 0.2) is 11.5 Å². The molecule has 0 saturated heterocycles. The van der Waals surface area contributed by atoms with E-state index in [2.05, 4.69) is 15.5 Å². The molecular formula is C12H16N4O. The predicted octanol–water partition coefficient (Wildman–Crippen LogP) is 1.39. The highest BCUT2D eigenvalue weighted by atomic mass is 16.1. The van der Waals surface area contributed by atoms with Crippen LogP contribution in [0.1, 0.15) is 26.1 Å². The van der Waals surface area contributed by atoms with Gasteiger partial charge < -0.3 is 5.32 Å². The number of hydrogen-bond acceptors (Lipinski definition) is 3. The summed E-state index contributed by atoms with van der Waals surface area (Å²) in [6, 6.07) is 5.70. The Hall–Kier alpha value is -1.91. The molecule has 0 unspecified atom stereocenters. The van der Waals surface area contributed by atoms with E-state index in [1.165, 1.54) is 0 Å². The summed E-state index contributed by atoms with van der Waals surface area (Å²) >= 11 is 0. The van der Waals surface area contributed by atoms with Gasteiger partial charge in [-0.3, -0.25) is 9.20 Å². The minimum atomic E-state index is 0.0363. The first-order valence-electron chi connectivity index (χ1n) is 5.78. The molecule has 0 spiro atoms. The van der Waals surface area contributed by atoms with E-state index < -0.39 is 0 Å². The molecule has 0 fully saturated rings. The number of nitrogens with zero attached hydrogens (tertiary/aromatic N) is 3. The van der Waals surface area contributed by atoms with Crippen LogP contribution in [0.25, 0.3) is 5.65 Å². The summed E-state index contributed by atoms with van der Waals surface area (Å²) in [7, 11) is 0. The van der Waals surface area contributed by atoms with E-state index in [0.717, 1.165) is 17.9 Å². The van der Waals surface area contributed by atoms with Crippen LogP contribution in [-0.4, -0.2) is 20.5 Å². The first kappa shape index (κ1) is 11.6. The Labute approximate surface area is 99.9 Å². The lowest BCUT2D eigenvalue weighted by Crippen LogP contribution is -2.29. The summed E-state index contributed by atoms with van der Waals surface area (Å²) in [5, 5.41) is 10.9. The molecule has 1 atom stereocenters. The fraction of sp³-hybridized carbons (Fsp3) is 0.417. The molecule has 0 bridgehead atoms. The third-order valence-corrected chi connectivity index (χ3v) is 2.87. The van der Waals surface area contributed by atoms with Gasteiger partial charge in [-0.1, -0.05) is 19.9 Å². The smallest absolute Gasteiger partial charge is 0.223 e. The molecule has 2 aromatic rings. The van der Waals surface area contributed by atoms with E-state index in [9.17, 15) is 4.79 Å². The molecule has 0 radical (unpaired) electrons. The lowest BCUT2D eigenvalue weighted by Gasteiger charge is -2.08. The second-order valence-corrected chi connectivity index (χ2v) is 4.07. The monoisotopic (exact) mass is 232 g/mol. The molecule has 2 rings (SSSR count). The topological polar surface area (TPSA) is 59.3 Å². The van der Waals surface area contributed by atoms with E-state index in [1.54, 1.807) is 0 Å². The molecule has 5 heteroatoms. The third kappa shape index (κ3) is 2.43. The van der Waals surface area contributed by atoms with E-state index in [-0.39, 0.29) is 11.8 Å². The van der Waals surface area contributed by atoms with Crippen molar-refractivity contribution in [2.75, 3.05) is 0 Å². The Morgan fingerprint density at radius 2 is 2.29 bits per heavy atom. The van der Waals surface area contributed by atoms with Crippen LogP contribution in [0.3, 0.4) is 0 Å². The third-order valence-electron chi connectivity index (χ3n) is 2.87. The van der Waals surface area contributed by atoms with Gasteiger partial charge in [-0.25, -0.2) is 0 Å². The maximum absolute atomic E-state index is 11.6. The van der Waals surface area contributed by atoms with Gasteiger partial charge in [0.25, 0.3) is 0 Å². The van der Waals surface area contributed by atoms with Crippen molar-refractivity contribution in [3.05, 3.63) is 30.2 Å². The molecule has 17 heavy (non-hydrogen) atoms. The minimum Gasteiger partial charge on any atom is -0.349 e. The van der Waals surface area contributed by atoms with Crippen molar-refractivity contribution in [2.45, 2.75) is 26.8 Å². The van der Waals surface area contributed by atoms with Crippen LogP contribution in [0, 0.1) is 5.92 Å². The zero-order valence-electron chi connectivity index (χ0n) is 10.1. The van der Waals surface area contributed by atoms with Crippen molar-refractivity contribution in [3.63, 3.8) is 0 Å². The van der Waals surface area contributed by atoms with Crippen LogP contribution in [0.5, 0.6) is 0 Å². The molecule has 5 nitrogen and oxygen atoms in total. The lowest BCUT2D eigenvalue weighted by atomic mass is 10.1. The average molecular weight is 232 g/mol. The molecule has 1 amide bonds. The fourth-order valence-corrected chi connectivity index (χ4v) is 1.54. The molecular weight excluding hydrogens is 216 g/mol. The van der Waals surface area contributed by atoms with Crippen molar-refractivity contribution in [3.8, 4) is 0 Å². The number of pyridine rings is 1. The van der Waals surface area contributed by atoms with Gasteiger partial charge in [0.2, 0.25) is 5.91 Å². The van der Waals surface area contributed by atoms with Crippen LogP contribution in [0.15, 0.2) is 24.4 Å². The molecule has 2 heterocycles. The zero-order valence-corrected chi connectivity index (χ0v) is 10.1. The number of hydrogen-bond donors (Lipinski definition) is 1. The zero-order chi connectivity index (χ0) is 12.3. The van der Waals surface area contributed by atoms with Gasteiger partial charge in [-0.05, 0) is 18.6 Å². The van der Waals surface area contributed by atoms with Crippen molar-refractivity contribution < 1.29 is 4.79 Å². The summed E-state index contributed by atoms with van der Waals surface area (Å²) in [5.74, 6) is 0.839. The summed E-state index contributed by atoms with van der Waals surface area (Å²) in [5.41, 5.74) is 0.792. The largest absolute Gasteiger partial charge is 0.349 e. The van der Waals surface area contributed by atoms with Crippen molar-refractivity contribution >= 4 is 11.6 Å².